The molecule has 0 amide bonds. The topological polar surface area (TPSA) is 37.3 Å². The van der Waals surface area contributed by atoms with E-state index in [2.05, 4.69) is 11.8 Å². The number of rotatable bonds is 2. The summed E-state index contributed by atoms with van der Waals surface area (Å²) in [6.07, 6.45) is 0. The first kappa shape index (κ1) is 14.3. The summed E-state index contributed by atoms with van der Waals surface area (Å²) in [4.78, 5) is 12.4. The second kappa shape index (κ2) is 6.33. The summed E-state index contributed by atoms with van der Waals surface area (Å²) in [5.74, 6) is 4.03. The number of aliphatic hydroxyl groups is 1. The molecule has 20 heavy (non-hydrogen) atoms. The molecule has 0 unspecified atom stereocenters. The lowest BCUT2D eigenvalue weighted by atomic mass is 9.98. The van der Waals surface area contributed by atoms with Gasteiger partial charge in [-0.05, 0) is 30.3 Å². The summed E-state index contributed by atoms with van der Waals surface area (Å²) in [5, 5.41) is 9.09. The normalized spacial score (nSPS) is 9.75. The third-order valence-electron chi connectivity index (χ3n) is 2.65. The Hall–Kier alpha value is -2.15. The van der Waals surface area contributed by atoms with E-state index in [4.69, 9.17) is 16.7 Å². The molecule has 0 fully saturated rings. The third kappa shape index (κ3) is 3.05. The zero-order valence-corrected chi connectivity index (χ0v) is 11.1. The van der Waals surface area contributed by atoms with Crippen LogP contribution in [0.3, 0.4) is 0 Å². The fourth-order valence-electron chi connectivity index (χ4n) is 1.74. The first-order chi connectivity index (χ1) is 9.63. The van der Waals surface area contributed by atoms with Gasteiger partial charge in [0.15, 0.2) is 5.78 Å². The molecule has 0 spiro atoms. The minimum absolute atomic E-state index is 0.0400. The van der Waals surface area contributed by atoms with Gasteiger partial charge in [-0.3, -0.25) is 4.79 Å². The van der Waals surface area contributed by atoms with E-state index >= 15 is 0 Å². The van der Waals surface area contributed by atoms with Crippen LogP contribution in [0.4, 0.5) is 4.39 Å². The number of benzene rings is 2. The summed E-state index contributed by atoms with van der Waals surface area (Å²) in [6.45, 7) is -0.323. The summed E-state index contributed by atoms with van der Waals surface area (Å²) in [6, 6.07) is 10.3. The van der Waals surface area contributed by atoms with Gasteiger partial charge in [0.2, 0.25) is 0 Å². The highest BCUT2D eigenvalue weighted by Crippen LogP contribution is 2.20. The van der Waals surface area contributed by atoms with Crippen molar-refractivity contribution >= 4 is 17.4 Å². The molecule has 2 aromatic carbocycles. The molecule has 100 valence electrons. The number of aliphatic hydroxyl groups excluding tert-OH is 1. The van der Waals surface area contributed by atoms with Crippen molar-refractivity contribution < 1.29 is 14.3 Å². The van der Waals surface area contributed by atoms with Crippen LogP contribution in [0.25, 0.3) is 0 Å². The summed E-state index contributed by atoms with van der Waals surface area (Å²) >= 11 is 5.88. The highest BCUT2D eigenvalue weighted by Gasteiger charge is 2.16. The predicted octanol–water partition coefficient (Wildman–Crippen LogP) is 3.05. The maximum atomic E-state index is 13.7. The smallest absolute Gasteiger partial charge is 0.197 e. The molecule has 2 aromatic rings. The Balaban J connectivity index is 2.54. The Morgan fingerprint density at radius 1 is 1.20 bits per heavy atom. The van der Waals surface area contributed by atoms with Crippen molar-refractivity contribution in [3.8, 4) is 11.8 Å². The molecule has 2 nitrogen and oxygen atoms in total. The van der Waals surface area contributed by atoms with Crippen molar-refractivity contribution in [2.75, 3.05) is 6.61 Å². The zero-order valence-electron chi connectivity index (χ0n) is 10.4. The minimum atomic E-state index is -0.599. The predicted molar refractivity (Wildman–Crippen MR) is 75.2 cm³/mol. The van der Waals surface area contributed by atoms with Gasteiger partial charge < -0.3 is 5.11 Å². The maximum absolute atomic E-state index is 13.7. The largest absolute Gasteiger partial charge is 0.384 e. The Kier molecular flexibility index (Phi) is 4.52. The van der Waals surface area contributed by atoms with Gasteiger partial charge in [0.25, 0.3) is 0 Å². The lowest BCUT2D eigenvalue weighted by Crippen LogP contribution is -2.06. The van der Waals surface area contributed by atoms with E-state index in [1.807, 2.05) is 0 Å². The number of ketones is 1. The Morgan fingerprint density at radius 3 is 2.65 bits per heavy atom. The number of carbonyl (C=O) groups is 1. The van der Waals surface area contributed by atoms with E-state index in [0.29, 0.717) is 10.6 Å². The summed E-state index contributed by atoms with van der Waals surface area (Å²) in [5.41, 5.74) is 0.571. The number of carbonyl (C=O) groups excluding carboxylic acids is 1. The van der Waals surface area contributed by atoms with Gasteiger partial charge in [-0.2, -0.15) is 0 Å². The van der Waals surface area contributed by atoms with Crippen LogP contribution in [0.2, 0.25) is 5.02 Å². The van der Waals surface area contributed by atoms with Gasteiger partial charge in [0, 0.05) is 16.1 Å². The average Bonchev–Trinajstić information content (AvgIpc) is 2.46. The molecule has 0 aromatic heterocycles. The van der Waals surface area contributed by atoms with Gasteiger partial charge in [-0.25, -0.2) is 4.39 Å². The van der Waals surface area contributed by atoms with Gasteiger partial charge >= 0.3 is 0 Å². The molecular weight excluding hydrogens is 279 g/mol. The van der Waals surface area contributed by atoms with Crippen molar-refractivity contribution in [3.05, 3.63) is 70.0 Å². The molecule has 0 atom stereocenters. The van der Waals surface area contributed by atoms with Crippen LogP contribution >= 0.6 is 11.6 Å². The van der Waals surface area contributed by atoms with E-state index in [0.717, 1.165) is 0 Å². The summed E-state index contributed by atoms with van der Waals surface area (Å²) in [7, 11) is 0. The molecule has 4 heteroatoms. The fourth-order valence-corrected chi connectivity index (χ4v) is 1.91. The average molecular weight is 289 g/mol. The Morgan fingerprint density at radius 2 is 1.95 bits per heavy atom. The van der Waals surface area contributed by atoms with Gasteiger partial charge in [-0.1, -0.05) is 35.6 Å². The van der Waals surface area contributed by atoms with Crippen LogP contribution in [-0.4, -0.2) is 17.5 Å². The standard InChI is InChI=1S/C16H10ClFO2/c17-12-8-7-11(4-3-9-19)14(10-12)16(20)13-5-1-2-6-15(13)18/h1-2,5-8,10,19H,9H2. The molecule has 0 aliphatic heterocycles. The summed E-state index contributed by atoms with van der Waals surface area (Å²) < 4.78 is 13.7. The molecule has 2 rings (SSSR count). The molecule has 0 bridgehead atoms. The van der Waals surface area contributed by atoms with Crippen LogP contribution in [0.1, 0.15) is 21.5 Å². The highest BCUT2D eigenvalue weighted by molar-refractivity contribution is 6.31. The van der Waals surface area contributed by atoms with E-state index in [-0.39, 0.29) is 17.7 Å². The number of hydrogen-bond donors (Lipinski definition) is 1. The van der Waals surface area contributed by atoms with Crippen molar-refractivity contribution in [1.82, 2.24) is 0 Å². The Bertz CT molecular complexity index is 714. The van der Waals surface area contributed by atoms with Gasteiger partial charge in [-0.15, -0.1) is 0 Å². The lowest BCUT2D eigenvalue weighted by Gasteiger charge is -2.06. The van der Waals surface area contributed by atoms with Gasteiger partial charge in [0.1, 0.15) is 12.4 Å². The molecule has 0 heterocycles. The zero-order chi connectivity index (χ0) is 14.5. The number of halogens is 2. The van der Waals surface area contributed by atoms with E-state index in [1.165, 1.54) is 24.3 Å². The van der Waals surface area contributed by atoms with Crippen LogP contribution < -0.4 is 0 Å². The molecule has 0 aliphatic carbocycles. The highest BCUT2D eigenvalue weighted by atomic mass is 35.5. The maximum Gasteiger partial charge on any atom is 0.197 e. The minimum Gasteiger partial charge on any atom is -0.384 e. The first-order valence-electron chi connectivity index (χ1n) is 5.82. The lowest BCUT2D eigenvalue weighted by molar-refractivity contribution is 0.103. The van der Waals surface area contributed by atoms with Crippen molar-refractivity contribution in [2.24, 2.45) is 0 Å². The molecule has 0 saturated heterocycles. The van der Waals surface area contributed by atoms with Crippen LogP contribution in [0.5, 0.6) is 0 Å². The van der Waals surface area contributed by atoms with Crippen molar-refractivity contribution in [1.29, 1.82) is 0 Å². The van der Waals surface area contributed by atoms with Crippen molar-refractivity contribution in [3.63, 3.8) is 0 Å². The van der Waals surface area contributed by atoms with E-state index in [9.17, 15) is 9.18 Å². The van der Waals surface area contributed by atoms with E-state index < -0.39 is 11.6 Å². The Labute approximate surface area is 120 Å². The van der Waals surface area contributed by atoms with E-state index in [1.54, 1.807) is 18.2 Å². The second-order valence-corrected chi connectivity index (χ2v) is 4.40. The quantitative estimate of drug-likeness (QED) is 0.681. The van der Waals surface area contributed by atoms with Crippen LogP contribution in [-0.2, 0) is 0 Å². The first-order valence-corrected chi connectivity index (χ1v) is 6.20. The SMILES string of the molecule is O=C(c1ccccc1F)c1cc(Cl)ccc1C#CCO. The second-order valence-electron chi connectivity index (χ2n) is 3.96. The van der Waals surface area contributed by atoms with Crippen LogP contribution in [0, 0.1) is 17.7 Å². The number of hydrogen-bond acceptors (Lipinski definition) is 2. The molecule has 0 aliphatic rings. The molecule has 0 saturated carbocycles. The van der Waals surface area contributed by atoms with Gasteiger partial charge in [0.05, 0.1) is 5.56 Å². The third-order valence-corrected chi connectivity index (χ3v) is 2.88. The molecule has 0 radical (unpaired) electrons. The van der Waals surface area contributed by atoms with Crippen LogP contribution in [0.15, 0.2) is 42.5 Å². The monoisotopic (exact) mass is 288 g/mol. The molecule has 1 N–H and O–H groups in total. The molecular formula is C16H10ClFO2. The van der Waals surface area contributed by atoms with Crippen molar-refractivity contribution in [2.45, 2.75) is 0 Å². The fraction of sp³-hybridized carbons (Fsp3) is 0.0625.